The van der Waals surface area contributed by atoms with Crippen molar-refractivity contribution in [2.75, 3.05) is 12.4 Å². The average molecular weight is 430 g/mol. The number of esters is 1. The molecule has 5 nitrogen and oxygen atoms in total. The second kappa shape index (κ2) is 8.74. The molecule has 5 rings (SSSR count). The minimum atomic E-state index is -0.528. The first-order valence-corrected chi connectivity index (χ1v) is 12.0. The van der Waals surface area contributed by atoms with Crippen molar-refractivity contribution in [3.63, 3.8) is 0 Å². The lowest BCUT2D eigenvalue weighted by molar-refractivity contribution is -0.128. The molecule has 162 valence electrons. The Balaban J connectivity index is 1.31. The molecule has 30 heavy (non-hydrogen) atoms. The zero-order valence-electron chi connectivity index (χ0n) is 17.8. The van der Waals surface area contributed by atoms with E-state index in [0.717, 1.165) is 17.8 Å². The Labute approximate surface area is 182 Å². The third-order valence-electron chi connectivity index (χ3n) is 7.25. The van der Waals surface area contributed by atoms with Crippen LogP contribution in [0.15, 0.2) is 29.2 Å². The number of ether oxygens (including phenoxy) is 1. The summed E-state index contributed by atoms with van der Waals surface area (Å²) in [6, 6.07) is 7.14. The van der Waals surface area contributed by atoms with Crippen LogP contribution >= 0.6 is 11.8 Å². The SMILES string of the molecule is CC(=O)CSc1ccccc1C(=O)OCC(=O)N[C@@H](C)C12CC3CC(CC(C3)C1)C2. The monoisotopic (exact) mass is 429 g/mol. The van der Waals surface area contributed by atoms with E-state index in [-0.39, 0.29) is 29.8 Å². The van der Waals surface area contributed by atoms with Crippen LogP contribution in [0.25, 0.3) is 0 Å². The summed E-state index contributed by atoms with van der Waals surface area (Å²) >= 11 is 1.31. The molecule has 4 aliphatic rings. The van der Waals surface area contributed by atoms with Gasteiger partial charge in [-0.3, -0.25) is 9.59 Å². The molecule has 1 aromatic rings. The molecule has 1 amide bonds. The van der Waals surface area contributed by atoms with E-state index in [1.54, 1.807) is 18.2 Å². The Morgan fingerprint density at radius 2 is 1.70 bits per heavy atom. The summed E-state index contributed by atoms with van der Waals surface area (Å²) in [4.78, 5) is 37.0. The van der Waals surface area contributed by atoms with Crippen molar-refractivity contribution >= 4 is 29.4 Å². The van der Waals surface area contributed by atoms with E-state index in [1.165, 1.54) is 57.2 Å². The molecular weight excluding hydrogens is 398 g/mol. The summed E-state index contributed by atoms with van der Waals surface area (Å²) in [5.74, 6) is 2.07. The summed E-state index contributed by atoms with van der Waals surface area (Å²) in [6.07, 6.45) is 7.79. The second-order valence-electron chi connectivity index (χ2n) is 9.63. The highest BCUT2D eigenvalue weighted by molar-refractivity contribution is 8.00. The predicted molar refractivity (Wildman–Crippen MR) is 116 cm³/mol. The maximum atomic E-state index is 12.5. The van der Waals surface area contributed by atoms with E-state index in [9.17, 15) is 14.4 Å². The number of carbonyl (C=O) groups is 3. The van der Waals surface area contributed by atoms with E-state index in [0.29, 0.717) is 16.2 Å². The highest BCUT2D eigenvalue weighted by Crippen LogP contribution is 2.61. The Bertz CT molecular complexity index is 801. The van der Waals surface area contributed by atoms with Crippen molar-refractivity contribution in [2.24, 2.45) is 23.2 Å². The number of benzene rings is 1. The van der Waals surface area contributed by atoms with Gasteiger partial charge >= 0.3 is 5.97 Å². The van der Waals surface area contributed by atoms with Gasteiger partial charge in [0.1, 0.15) is 5.78 Å². The molecular formula is C24H31NO4S. The van der Waals surface area contributed by atoms with E-state index < -0.39 is 5.97 Å². The number of thioether (sulfide) groups is 1. The topological polar surface area (TPSA) is 72.5 Å². The van der Waals surface area contributed by atoms with Crippen molar-refractivity contribution in [3.05, 3.63) is 29.8 Å². The molecule has 0 aromatic heterocycles. The Kier molecular flexibility index (Phi) is 6.24. The van der Waals surface area contributed by atoms with Gasteiger partial charge in [-0.15, -0.1) is 11.8 Å². The van der Waals surface area contributed by atoms with E-state index in [2.05, 4.69) is 12.2 Å². The number of Topliss-reactive ketones (excluding diaryl/α,β-unsaturated/α-hetero) is 1. The Hall–Kier alpha value is -1.82. The standard InChI is InChI=1S/C24H31NO4S/c1-15(26)14-30-21-6-4-3-5-20(21)23(28)29-13-22(27)25-16(2)24-10-17-7-18(11-24)9-19(8-17)12-24/h3-6,16-19H,7-14H2,1-2H3,(H,25,27)/t16-,17?,18?,19?,24?/m0/s1. The first-order valence-electron chi connectivity index (χ1n) is 11.0. The van der Waals surface area contributed by atoms with Gasteiger partial charge in [0.15, 0.2) is 6.61 Å². The van der Waals surface area contributed by atoms with Crippen molar-refractivity contribution in [1.82, 2.24) is 5.32 Å². The predicted octanol–water partition coefficient (Wildman–Crippen LogP) is 4.25. The fourth-order valence-electron chi connectivity index (χ4n) is 6.29. The molecule has 0 radical (unpaired) electrons. The molecule has 6 heteroatoms. The van der Waals surface area contributed by atoms with Gasteiger partial charge in [-0.1, -0.05) is 12.1 Å². The number of amides is 1. The summed E-state index contributed by atoms with van der Waals surface area (Å²) in [7, 11) is 0. The van der Waals surface area contributed by atoms with Crippen LogP contribution < -0.4 is 5.32 Å². The molecule has 0 unspecified atom stereocenters. The number of hydrogen-bond acceptors (Lipinski definition) is 5. The van der Waals surface area contributed by atoms with Gasteiger partial charge in [0, 0.05) is 10.9 Å². The molecule has 0 aliphatic heterocycles. The van der Waals surface area contributed by atoms with E-state index in [4.69, 9.17) is 4.74 Å². The van der Waals surface area contributed by atoms with E-state index >= 15 is 0 Å². The molecule has 4 aliphatic carbocycles. The summed E-state index contributed by atoms with van der Waals surface area (Å²) < 4.78 is 5.31. The molecule has 1 atom stereocenters. The summed E-state index contributed by atoms with van der Waals surface area (Å²) in [5, 5.41) is 3.13. The third-order valence-corrected chi connectivity index (χ3v) is 8.47. The Morgan fingerprint density at radius 1 is 1.10 bits per heavy atom. The van der Waals surface area contributed by atoms with Crippen LogP contribution in [0, 0.1) is 23.2 Å². The lowest BCUT2D eigenvalue weighted by Crippen LogP contribution is -2.56. The lowest BCUT2D eigenvalue weighted by atomic mass is 9.48. The molecule has 0 heterocycles. The zero-order valence-corrected chi connectivity index (χ0v) is 18.6. The zero-order chi connectivity index (χ0) is 21.3. The molecule has 0 spiro atoms. The van der Waals surface area contributed by atoms with Gasteiger partial charge in [-0.05, 0) is 87.7 Å². The molecule has 1 aromatic carbocycles. The fraction of sp³-hybridized carbons (Fsp3) is 0.625. The second-order valence-corrected chi connectivity index (χ2v) is 10.6. The van der Waals surface area contributed by atoms with Gasteiger partial charge in [0.05, 0.1) is 11.3 Å². The first-order chi connectivity index (χ1) is 14.3. The molecule has 1 N–H and O–H groups in total. The van der Waals surface area contributed by atoms with Crippen LogP contribution in [0.2, 0.25) is 0 Å². The normalized spacial score (nSPS) is 30.0. The number of nitrogens with one attached hydrogen (secondary N) is 1. The third kappa shape index (κ3) is 4.58. The summed E-state index contributed by atoms with van der Waals surface area (Å²) in [6.45, 7) is 3.37. The molecule has 4 saturated carbocycles. The lowest BCUT2D eigenvalue weighted by Gasteiger charge is -2.59. The van der Waals surface area contributed by atoms with Crippen LogP contribution in [-0.4, -0.2) is 36.1 Å². The van der Waals surface area contributed by atoms with Crippen LogP contribution in [0.3, 0.4) is 0 Å². The van der Waals surface area contributed by atoms with Gasteiger partial charge < -0.3 is 10.1 Å². The highest BCUT2D eigenvalue weighted by Gasteiger charge is 2.53. The van der Waals surface area contributed by atoms with Crippen LogP contribution in [0.4, 0.5) is 0 Å². The van der Waals surface area contributed by atoms with Crippen LogP contribution in [-0.2, 0) is 14.3 Å². The largest absolute Gasteiger partial charge is 0.452 e. The smallest absolute Gasteiger partial charge is 0.339 e. The van der Waals surface area contributed by atoms with Crippen molar-refractivity contribution < 1.29 is 19.1 Å². The van der Waals surface area contributed by atoms with Gasteiger partial charge in [0.2, 0.25) is 0 Å². The molecule has 4 bridgehead atoms. The highest BCUT2D eigenvalue weighted by atomic mass is 32.2. The Morgan fingerprint density at radius 3 is 2.30 bits per heavy atom. The van der Waals surface area contributed by atoms with Crippen molar-refractivity contribution in [2.45, 2.75) is 63.3 Å². The number of carbonyl (C=O) groups excluding carboxylic acids is 3. The maximum absolute atomic E-state index is 12.5. The number of rotatable bonds is 8. The van der Waals surface area contributed by atoms with Crippen LogP contribution in [0.1, 0.15) is 62.7 Å². The average Bonchev–Trinajstić information content (AvgIpc) is 2.69. The fourth-order valence-corrected chi connectivity index (χ4v) is 7.13. The summed E-state index contributed by atoms with van der Waals surface area (Å²) in [5.41, 5.74) is 0.621. The molecule has 4 fully saturated rings. The minimum Gasteiger partial charge on any atom is -0.452 e. The minimum absolute atomic E-state index is 0.0428. The van der Waals surface area contributed by atoms with Crippen LogP contribution in [0.5, 0.6) is 0 Å². The number of hydrogen-bond donors (Lipinski definition) is 1. The van der Waals surface area contributed by atoms with E-state index in [1.807, 2.05) is 6.07 Å². The molecule has 0 saturated heterocycles. The van der Waals surface area contributed by atoms with Gasteiger partial charge in [-0.25, -0.2) is 4.79 Å². The van der Waals surface area contributed by atoms with Crippen molar-refractivity contribution in [1.29, 1.82) is 0 Å². The number of ketones is 1. The maximum Gasteiger partial charge on any atom is 0.339 e. The quantitative estimate of drug-likeness (QED) is 0.494. The van der Waals surface area contributed by atoms with Gasteiger partial charge in [0.25, 0.3) is 5.91 Å². The van der Waals surface area contributed by atoms with Crippen molar-refractivity contribution in [3.8, 4) is 0 Å². The van der Waals surface area contributed by atoms with Gasteiger partial charge in [-0.2, -0.15) is 0 Å². The first kappa shape index (κ1) is 21.4.